The predicted molar refractivity (Wildman–Crippen MR) is 47.4 cm³/mol. The van der Waals surface area contributed by atoms with Crippen LogP contribution in [-0.4, -0.2) is 9.97 Å². The van der Waals surface area contributed by atoms with Gasteiger partial charge in [-0.25, -0.2) is 4.98 Å². The van der Waals surface area contributed by atoms with Crippen LogP contribution in [0.3, 0.4) is 0 Å². The fourth-order valence-corrected chi connectivity index (χ4v) is 1.20. The van der Waals surface area contributed by atoms with Crippen molar-refractivity contribution in [3.8, 4) is 0 Å². The molecule has 2 aromatic heterocycles. The van der Waals surface area contributed by atoms with E-state index in [-0.39, 0.29) is 5.56 Å². The van der Waals surface area contributed by atoms with E-state index < -0.39 is 0 Å². The monoisotopic (exact) mass is 180 g/mol. The summed E-state index contributed by atoms with van der Waals surface area (Å²) in [6.45, 7) is 0. The summed E-state index contributed by atoms with van der Waals surface area (Å²) in [6.07, 6.45) is 3.19. The van der Waals surface area contributed by atoms with Gasteiger partial charge in [0.25, 0.3) is 0 Å². The minimum atomic E-state index is -0.133. The molecular weight excluding hydrogens is 176 g/mol. The Hall–Kier alpha value is -1.35. The molecule has 0 amide bonds. The van der Waals surface area contributed by atoms with Gasteiger partial charge in [0, 0.05) is 29.2 Å². The van der Waals surface area contributed by atoms with E-state index in [0.29, 0.717) is 5.15 Å². The summed E-state index contributed by atoms with van der Waals surface area (Å²) in [5.41, 5.74) is -0.133. The average molecular weight is 181 g/mol. The van der Waals surface area contributed by atoms with Crippen LogP contribution in [0.25, 0.3) is 10.8 Å². The van der Waals surface area contributed by atoms with Gasteiger partial charge >= 0.3 is 0 Å². The van der Waals surface area contributed by atoms with E-state index in [0.717, 1.165) is 10.8 Å². The van der Waals surface area contributed by atoms with Crippen molar-refractivity contribution in [3.63, 3.8) is 0 Å². The van der Waals surface area contributed by atoms with Gasteiger partial charge in [0.15, 0.2) is 0 Å². The molecule has 0 aliphatic heterocycles. The molecular formula is C8H5ClN2O. The molecule has 2 rings (SSSR count). The van der Waals surface area contributed by atoms with Crippen molar-refractivity contribution in [2.24, 2.45) is 0 Å². The molecule has 60 valence electrons. The van der Waals surface area contributed by atoms with Gasteiger partial charge in [0.2, 0.25) is 5.56 Å². The van der Waals surface area contributed by atoms with Crippen LogP contribution < -0.4 is 5.56 Å². The van der Waals surface area contributed by atoms with Crippen molar-refractivity contribution in [1.29, 1.82) is 0 Å². The Bertz CT molecular complexity index is 478. The molecule has 0 spiro atoms. The fourth-order valence-electron chi connectivity index (χ4n) is 1.03. The van der Waals surface area contributed by atoms with Gasteiger partial charge in [-0.1, -0.05) is 11.6 Å². The number of halogens is 1. The molecule has 0 aliphatic carbocycles. The Morgan fingerprint density at radius 2 is 2.17 bits per heavy atom. The Kier molecular flexibility index (Phi) is 1.59. The molecule has 0 aromatic carbocycles. The number of rotatable bonds is 0. The summed E-state index contributed by atoms with van der Waals surface area (Å²) in [4.78, 5) is 17.3. The zero-order valence-corrected chi connectivity index (χ0v) is 6.80. The first-order valence-electron chi connectivity index (χ1n) is 3.40. The molecule has 0 saturated heterocycles. The summed E-state index contributed by atoms with van der Waals surface area (Å²) < 4.78 is 0. The quantitative estimate of drug-likeness (QED) is 0.626. The lowest BCUT2D eigenvalue weighted by atomic mass is 10.2. The molecule has 0 bridgehead atoms. The van der Waals surface area contributed by atoms with Crippen molar-refractivity contribution >= 4 is 22.4 Å². The van der Waals surface area contributed by atoms with Crippen molar-refractivity contribution < 1.29 is 0 Å². The molecule has 3 nitrogen and oxygen atoms in total. The number of pyridine rings is 2. The standard InChI is InChI=1S/C8H5ClN2O/c9-7-1-5-4-11-8(12)2-6(5)3-10-7/h1-4H,(H,11,12). The zero-order chi connectivity index (χ0) is 8.55. The van der Waals surface area contributed by atoms with E-state index in [9.17, 15) is 4.79 Å². The highest BCUT2D eigenvalue weighted by Crippen LogP contribution is 2.13. The third-order valence-electron chi connectivity index (χ3n) is 1.59. The molecule has 0 saturated carbocycles. The van der Waals surface area contributed by atoms with Crippen LogP contribution in [-0.2, 0) is 0 Å². The Morgan fingerprint density at radius 3 is 3.00 bits per heavy atom. The fraction of sp³-hybridized carbons (Fsp3) is 0. The second kappa shape index (κ2) is 2.60. The number of hydrogen-bond acceptors (Lipinski definition) is 2. The Balaban J connectivity index is 2.87. The van der Waals surface area contributed by atoms with Gasteiger partial charge in [0.05, 0.1) is 0 Å². The van der Waals surface area contributed by atoms with Crippen LogP contribution in [0.4, 0.5) is 0 Å². The third kappa shape index (κ3) is 1.19. The number of nitrogens with one attached hydrogen (secondary N) is 1. The van der Waals surface area contributed by atoms with E-state index in [1.807, 2.05) is 0 Å². The molecule has 0 unspecified atom stereocenters. The molecule has 0 aliphatic rings. The molecule has 2 aromatic rings. The minimum absolute atomic E-state index is 0.133. The van der Waals surface area contributed by atoms with E-state index in [1.165, 1.54) is 6.07 Å². The van der Waals surface area contributed by atoms with Crippen LogP contribution in [0, 0.1) is 0 Å². The van der Waals surface area contributed by atoms with Crippen LogP contribution in [0.5, 0.6) is 0 Å². The maximum Gasteiger partial charge on any atom is 0.248 e. The summed E-state index contributed by atoms with van der Waals surface area (Å²) in [6, 6.07) is 3.19. The van der Waals surface area contributed by atoms with Crippen molar-refractivity contribution in [2.75, 3.05) is 0 Å². The van der Waals surface area contributed by atoms with Gasteiger partial charge in [-0.2, -0.15) is 0 Å². The lowest BCUT2D eigenvalue weighted by molar-refractivity contribution is 1.25. The molecule has 0 atom stereocenters. The molecule has 0 fully saturated rings. The zero-order valence-electron chi connectivity index (χ0n) is 6.04. The van der Waals surface area contributed by atoms with Crippen LogP contribution in [0.2, 0.25) is 5.15 Å². The van der Waals surface area contributed by atoms with Gasteiger partial charge in [-0.3, -0.25) is 4.79 Å². The maximum absolute atomic E-state index is 10.9. The number of fused-ring (bicyclic) bond motifs is 1. The van der Waals surface area contributed by atoms with E-state index >= 15 is 0 Å². The van der Waals surface area contributed by atoms with E-state index in [4.69, 9.17) is 11.6 Å². The predicted octanol–water partition coefficient (Wildman–Crippen LogP) is 1.58. The normalized spacial score (nSPS) is 10.4. The second-order valence-electron chi connectivity index (χ2n) is 2.43. The third-order valence-corrected chi connectivity index (χ3v) is 1.80. The second-order valence-corrected chi connectivity index (χ2v) is 2.82. The van der Waals surface area contributed by atoms with Crippen LogP contribution in [0.15, 0.2) is 29.3 Å². The van der Waals surface area contributed by atoms with E-state index in [1.54, 1.807) is 18.5 Å². The Morgan fingerprint density at radius 1 is 1.33 bits per heavy atom. The average Bonchev–Trinajstić information content (AvgIpc) is 2.05. The highest BCUT2D eigenvalue weighted by molar-refractivity contribution is 6.30. The molecule has 12 heavy (non-hydrogen) atoms. The highest BCUT2D eigenvalue weighted by Gasteiger charge is 1.95. The Labute approximate surface area is 73.0 Å². The van der Waals surface area contributed by atoms with Crippen LogP contribution in [0.1, 0.15) is 0 Å². The van der Waals surface area contributed by atoms with Gasteiger partial charge in [-0.15, -0.1) is 0 Å². The number of aromatic nitrogens is 2. The first-order chi connectivity index (χ1) is 5.75. The van der Waals surface area contributed by atoms with Gasteiger partial charge in [0.1, 0.15) is 5.15 Å². The smallest absolute Gasteiger partial charge is 0.248 e. The number of hydrogen-bond donors (Lipinski definition) is 1. The summed E-state index contributed by atoms with van der Waals surface area (Å²) in [5.74, 6) is 0. The molecule has 0 radical (unpaired) electrons. The SMILES string of the molecule is O=c1cc2cnc(Cl)cc2c[nH]1. The maximum atomic E-state index is 10.9. The van der Waals surface area contributed by atoms with Crippen molar-refractivity contribution in [3.05, 3.63) is 40.0 Å². The summed E-state index contributed by atoms with van der Waals surface area (Å²) in [7, 11) is 0. The molecule has 2 heterocycles. The molecule has 1 N–H and O–H groups in total. The first-order valence-corrected chi connectivity index (χ1v) is 3.77. The topological polar surface area (TPSA) is 45.8 Å². The first kappa shape index (κ1) is 7.31. The summed E-state index contributed by atoms with van der Waals surface area (Å²) in [5, 5.41) is 2.10. The largest absolute Gasteiger partial charge is 0.328 e. The number of H-pyrrole nitrogens is 1. The lowest BCUT2D eigenvalue weighted by Gasteiger charge is -1.94. The number of nitrogens with zero attached hydrogens (tertiary/aromatic N) is 1. The van der Waals surface area contributed by atoms with Gasteiger partial charge in [-0.05, 0) is 6.07 Å². The number of aromatic amines is 1. The lowest BCUT2D eigenvalue weighted by Crippen LogP contribution is -2.01. The highest BCUT2D eigenvalue weighted by atomic mass is 35.5. The minimum Gasteiger partial charge on any atom is -0.328 e. The van der Waals surface area contributed by atoms with Crippen molar-refractivity contribution in [1.82, 2.24) is 9.97 Å². The van der Waals surface area contributed by atoms with Crippen molar-refractivity contribution in [2.45, 2.75) is 0 Å². The van der Waals surface area contributed by atoms with E-state index in [2.05, 4.69) is 9.97 Å². The van der Waals surface area contributed by atoms with Gasteiger partial charge < -0.3 is 4.98 Å². The summed E-state index contributed by atoms with van der Waals surface area (Å²) >= 11 is 5.66. The van der Waals surface area contributed by atoms with Crippen LogP contribution >= 0.6 is 11.6 Å². The molecule has 4 heteroatoms.